The normalized spacial score (nSPS) is 30.9. The van der Waals surface area contributed by atoms with E-state index < -0.39 is 0 Å². The van der Waals surface area contributed by atoms with Gasteiger partial charge in [0.15, 0.2) is 0 Å². The van der Waals surface area contributed by atoms with Crippen molar-refractivity contribution in [1.29, 1.82) is 0 Å². The first-order chi connectivity index (χ1) is 11.1. The number of benzene rings is 1. The molecule has 0 unspecified atom stereocenters. The Balaban J connectivity index is 1.39. The van der Waals surface area contributed by atoms with E-state index in [9.17, 15) is 14.4 Å². The maximum Gasteiger partial charge on any atom is 0.252 e. The average molecular weight is 310 g/mol. The second-order valence-corrected chi connectivity index (χ2v) is 6.53. The van der Waals surface area contributed by atoms with Crippen LogP contribution in [0.5, 0.6) is 0 Å². The first kappa shape index (κ1) is 14.2. The maximum atomic E-state index is 12.5. The van der Waals surface area contributed by atoms with E-state index in [0.717, 1.165) is 17.0 Å². The van der Waals surface area contributed by atoms with Crippen molar-refractivity contribution in [1.82, 2.24) is 10.4 Å². The topological polar surface area (TPSA) is 66.5 Å². The second-order valence-electron chi connectivity index (χ2n) is 6.53. The molecular formula is C18H18N2O3. The molecule has 1 aliphatic heterocycles. The quantitative estimate of drug-likeness (QED) is 0.676. The molecule has 118 valence electrons. The molecule has 1 aromatic rings. The molecule has 5 heteroatoms. The Labute approximate surface area is 134 Å². The van der Waals surface area contributed by atoms with E-state index in [1.807, 2.05) is 42.5 Å². The van der Waals surface area contributed by atoms with Crippen LogP contribution in [0.25, 0.3) is 0 Å². The van der Waals surface area contributed by atoms with Gasteiger partial charge in [0, 0.05) is 6.42 Å². The highest BCUT2D eigenvalue weighted by Gasteiger charge is 2.59. The zero-order valence-electron chi connectivity index (χ0n) is 12.6. The van der Waals surface area contributed by atoms with Gasteiger partial charge in [0.25, 0.3) is 11.8 Å². The van der Waals surface area contributed by atoms with Crippen molar-refractivity contribution in [2.75, 3.05) is 0 Å². The van der Waals surface area contributed by atoms with E-state index in [0.29, 0.717) is 6.42 Å². The average Bonchev–Trinajstić information content (AvgIpc) is 3.24. The van der Waals surface area contributed by atoms with Crippen molar-refractivity contribution in [3.05, 3.63) is 48.0 Å². The van der Waals surface area contributed by atoms with Gasteiger partial charge in [-0.2, -0.15) is 5.01 Å². The zero-order chi connectivity index (χ0) is 16.0. The number of amides is 3. The predicted octanol–water partition coefficient (Wildman–Crippen LogP) is 1.46. The summed E-state index contributed by atoms with van der Waals surface area (Å²) in [5.74, 6) is -1.01. The van der Waals surface area contributed by atoms with E-state index in [1.54, 1.807) is 0 Å². The summed E-state index contributed by atoms with van der Waals surface area (Å²) in [5.41, 5.74) is 3.57. The number of carbonyl (C=O) groups excluding carboxylic acids is 3. The number of imide groups is 1. The van der Waals surface area contributed by atoms with Gasteiger partial charge in [-0.1, -0.05) is 42.5 Å². The standard InChI is InChI=1S/C18H18N2O3/c21-14(9-6-11-4-2-1-3-5-11)19-20-17(22)15-12-7-8-13(10-12)16(15)18(20)23/h1-5,7-8,12-13,15-16H,6,9-10H2,(H,19,21)/t12-,13-,15+,16+/m1/s1. The molecule has 4 atom stereocenters. The fourth-order valence-electron chi connectivity index (χ4n) is 4.10. The lowest BCUT2D eigenvalue weighted by Crippen LogP contribution is -2.47. The third kappa shape index (κ3) is 2.27. The summed E-state index contributed by atoms with van der Waals surface area (Å²) in [6.07, 6.45) is 5.81. The number of rotatable bonds is 4. The van der Waals surface area contributed by atoms with Crippen LogP contribution >= 0.6 is 0 Å². The number of nitrogens with one attached hydrogen (secondary N) is 1. The van der Waals surface area contributed by atoms with Crippen LogP contribution in [0.4, 0.5) is 0 Å². The molecule has 5 nitrogen and oxygen atoms in total. The number of aryl methyl sites for hydroxylation is 1. The molecule has 2 aliphatic carbocycles. The van der Waals surface area contributed by atoms with Gasteiger partial charge >= 0.3 is 0 Å². The van der Waals surface area contributed by atoms with E-state index in [1.165, 1.54) is 0 Å². The Bertz CT molecular complexity index is 667. The highest BCUT2D eigenvalue weighted by molar-refractivity contribution is 6.07. The SMILES string of the molecule is O=C(CCc1ccccc1)NN1C(=O)[C@@H]2[C@@H](C1=O)[C@@H]1C=C[C@@H]2C1. The number of allylic oxidation sites excluding steroid dienone is 2. The van der Waals surface area contributed by atoms with Crippen LogP contribution in [0, 0.1) is 23.7 Å². The van der Waals surface area contributed by atoms with Gasteiger partial charge in [-0.15, -0.1) is 0 Å². The van der Waals surface area contributed by atoms with E-state index >= 15 is 0 Å². The molecule has 1 saturated heterocycles. The van der Waals surface area contributed by atoms with Gasteiger partial charge < -0.3 is 0 Å². The summed E-state index contributed by atoms with van der Waals surface area (Å²) in [4.78, 5) is 37.0. The van der Waals surface area contributed by atoms with Gasteiger partial charge in [-0.3, -0.25) is 19.8 Å². The fraction of sp³-hybridized carbons (Fsp3) is 0.389. The first-order valence-corrected chi connectivity index (χ1v) is 8.04. The minimum Gasteiger partial charge on any atom is -0.273 e. The van der Waals surface area contributed by atoms with Crippen molar-refractivity contribution in [3.8, 4) is 0 Å². The highest BCUT2D eigenvalue weighted by Crippen LogP contribution is 2.52. The number of hydrogen-bond donors (Lipinski definition) is 1. The smallest absolute Gasteiger partial charge is 0.252 e. The van der Waals surface area contributed by atoms with Gasteiger partial charge in [-0.25, -0.2) is 0 Å². The van der Waals surface area contributed by atoms with E-state index in [4.69, 9.17) is 0 Å². The second kappa shape index (κ2) is 5.33. The van der Waals surface area contributed by atoms with Crippen LogP contribution in [0.1, 0.15) is 18.4 Å². The summed E-state index contributed by atoms with van der Waals surface area (Å²) in [5, 5.41) is 0.967. The van der Waals surface area contributed by atoms with Crippen molar-refractivity contribution in [3.63, 3.8) is 0 Å². The van der Waals surface area contributed by atoms with Gasteiger partial charge in [0.05, 0.1) is 11.8 Å². The Hall–Kier alpha value is -2.43. The van der Waals surface area contributed by atoms with Crippen LogP contribution in [-0.2, 0) is 20.8 Å². The predicted molar refractivity (Wildman–Crippen MR) is 82.5 cm³/mol. The van der Waals surface area contributed by atoms with Gasteiger partial charge in [0.2, 0.25) is 5.91 Å². The summed E-state index contributed by atoms with van der Waals surface area (Å²) in [6.45, 7) is 0. The lowest BCUT2D eigenvalue weighted by atomic mass is 9.85. The number of carbonyl (C=O) groups is 3. The minimum atomic E-state index is -0.296. The summed E-state index contributed by atoms with van der Waals surface area (Å²) in [7, 11) is 0. The lowest BCUT2D eigenvalue weighted by Gasteiger charge is -2.17. The number of hydrogen-bond acceptors (Lipinski definition) is 3. The van der Waals surface area contributed by atoms with E-state index in [-0.39, 0.29) is 47.8 Å². The minimum absolute atomic E-state index is 0.160. The van der Waals surface area contributed by atoms with Crippen LogP contribution < -0.4 is 5.43 Å². The van der Waals surface area contributed by atoms with Crippen molar-refractivity contribution >= 4 is 17.7 Å². The van der Waals surface area contributed by atoms with Crippen molar-refractivity contribution in [2.24, 2.45) is 23.7 Å². The third-order valence-corrected chi connectivity index (χ3v) is 5.19. The zero-order valence-corrected chi connectivity index (χ0v) is 12.6. The monoisotopic (exact) mass is 310 g/mol. The van der Waals surface area contributed by atoms with Gasteiger partial charge in [-0.05, 0) is 30.2 Å². The fourth-order valence-corrected chi connectivity index (χ4v) is 4.10. The third-order valence-electron chi connectivity index (χ3n) is 5.19. The largest absolute Gasteiger partial charge is 0.273 e. The molecule has 23 heavy (non-hydrogen) atoms. The first-order valence-electron chi connectivity index (χ1n) is 8.04. The number of nitrogens with zero attached hydrogens (tertiary/aromatic N) is 1. The molecule has 1 heterocycles. The Morgan fingerprint density at radius 1 is 1.04 bits per heavy atom. The number of fused-ring (bicyclic) bond motifs is 5. The molecule has 4 rings (SSSR count). The van der Waals surface area contributed by atoms with Crippen LogP contribution in [0.15, 0.2) is 42.5 Å². The molecule has 1 N–H and O–H groups in total. The van der Waals surface area contributed by atoms with Gasteiger partial charge in [0.1, 0.15) is 0 Å². The maximum absolute atomic E-state index is 12.5. The lowest BCUT2D eigenvalue weighted by molar-refractivity contribution is -0.149. The number of hydrazine groups is 1. The summed E-state index contributed by atoms with van der Waals surface area (Å²) < 4.78 is 0. The summed E-state index contributed by atoms with van der Waals surface area (Å²) >= 11 is 0. The van der Waals surface area contributed by atoms with Crippen LogP contribution in [0.3, 0.4) is 0 Å². The van der Waals surface area contributed by atoms with Crippen molar-refractivity contribution < 1.29 is 14.4 Å². The van der Waals surface area contributed by atoms with Crippen LogP contribution in [0.2, 0.25) is 0 Å². The molecule has 0 spiro atoms. The molecule has 1 aromatic carbocycles. The molecule has 0 aromatic heterocycles. The molecule has 2 fully saturated rings. The summed E-state index contributed by atoms with van der Waals surface area (Å²) in [6, 6.07) is 9.67. The Morgan fingerprint density at radius 3 is 2.26 bits per heavy atom. The molecule has 3 amide bonds. The molecular weight excluding hydrogens is 292 g/mol. The molecule has 0 radical (unpaired) electrons. The molecule has 3 aliphatic rings. The molecule has 2 bridgehead atoms. The van der Waals surface area contributed by atoms with Crippen LogP contribution in [-0.4, -0.2) is 22.7 Å². The Morgan fingerprint density at radius 2 is 1.65 bits per heavy atom. The Kier molecular flexibility index (Phi) is 3.29. The molecule has 1 saturated carbocycles. The van der Waals surface area contributed by atoms with E-state index in [2.05, 4.69) is 5.43 Å². The van der Waals surface area contributed by atoms with Crippen molar-refractivity contribution in [2.45, 2.75) is 19.3 Å². The highest BCUT2D eigenvalue weighted by atomic mass is 16.2.